The van der Waals surface area contributed by atoms with Crippen LogP contribution < -0.4 is 5.73 Å². The molecule has 0 aliphatic rings. The molecule has 15 heavy (non-hydrogen) atoms. The van der Waals surface area contributed by atoms with Crippen LogP contribution in [0.15, 0.2) is 24.4 Å². The van der Waals surface area contributed by atoms with Crippen molar-refractivity contribution >= 4 is 0 Å². The van der Waals surface area contributed by atoms with E-state index in [1.165, 1.54) is 0 Å². The standard InChI is InChI=1S/C12H20N2O/c1-3-9(2)12(15)10(8-13)11-6-4-5-7-14-11/h4-7,9-10,12,15H,3,8,13H2,1-2H3. The average molecular weight is 208 g/mol. The molecule has 0 aliphatic heterocycles. The van der Waals surface area contributed by atoms with Crippen LogP contribution in [-0.2, 0) is 0 Å². The van der Waals surface area contributed by atoms with Gasteiger partial charge in [-0.2, -0.15) is 0 Å². The molecule has 1 aromatic rings. The Hall–Kier alpha value is -0.930. The molecular weight excluding hydrogens is 188 g/mol. The first kappa shape index (κ1) is 12.1. The van der Waals surface area contributed by atoms with E-state index in [9.17, 15) is 5.11 Å². The van der Waals surface area contributed by atoms with Gasteiger partial charge in [-0.05, 0) is 18.1 Å². The third-order valence-electron chi connectivity index (χ3n) is 2.96. The summed E-state index contributed by atoms with van der Waals surface area (Å²) in [6.45, 7) is 4.54. The third-order valence-corrected chi connectivity index (χ3v) is 2.96. The lowest BCUT2D eigenvalue weighted by Gasteiger charge is -2.25. The van der Waals surface area contributed by atoms with E-state index < -0.39 is 6.10 Å². The molecule has 84 valence electrons. The molecule has 3 nitrogen and oxygen atoms in total. The van der Waals surface area contributed by atoms with E-state index in [0.29, 0.717) is 6.54 Å². The van der Waals surface area contributed by atoms with Gasteiger partial charge in [0.15, 0.2) is 0 Å². The molecule has 1 aromatic heterocycles. The van der Waals surface area contributed by atoms with Crippen LogP contribution in [0.4, 0.5) is 0 Å². The maximum Gasteiger partial charge on any atom is 0.0661 e. The third kappa shape index (κ3) is 3.01. The van der Waals surface area contributed by atoms with Crippen LogP contribution in [0.5, 0.6) is 0 Å². The highest BCUT2D eigenvalue weighted by molar-refractivity contribution is 5.12. The summed E-state index contributed by atoms with van der Waals surface area (Å²) in [7, 11) is 0. The second-order valence-corrected chi connectivity index (χ2v) is 3.97. The lowest BCUT2D eigenvalue weighted by molar-refractivity contribution is 0.0873. The first-order chi connectivity index (χ1) is 7.20. The minimum atomic E-state index is -0.408. The summed E-state index contributed by atoms with van der Waals surface area (Å²) in [5.74, 6) is 0.196. The van der Waals surface area contributed by atoms with Crippen molar-refractivity contribution in [1.29, 1.82) is 0 Å². The highest BCUT2D eigenvalue weighted by Gasteiger charge is 2.24. The zero-order valence-corrected chi connectivity index (χ0v) is 9.43. The monoisotopic (exact) mass is 208 g/mol. The van der Waals surface area contributed by atoms with Crippen molar-refractivity contribution in [2.75, 3.05) is 6.54 Å². The molecule has 0 amide bonds. The van der Waals surface area contributed by atoms with Crippen LogP contribution in [0.1, 0.15) is 31.9 Å². The summed E-state index contributed by atoms with van der Waals surface area (Å²) in [6.07, 6.45) is 2.28. The predicted octanol–water partition coefficient (Wildman–Crippen LogP) is 1.53. The maximum absolute atomic E-state index is 10.1. The van der Waals surface area contributed by atoms with E-state index in [1.54, 1.807) is 6.20 Å². The number of aliphatic hydroxyl groups excluding tert-OH is 1. The van der Waals surface area contributed by atoms with Gasteiger partial charge in [0.25, 0.3) is 0 Å². The highest BCUT2D eigenvalue weighted by Crippen LogP contribution is 2.23. The quantitative estimate of drug-likeness (QED) is 0.771. The number of aliphatic hydroxyl groups is 1. The SMILES string of the molecule is CCC(C)C(O)C(CN)c1ccccn1. The van der Waals surface area contributed by atoms with Crippen molar-refractivity contribution in [2.24, 2.45) is 11.7 Å². The largest absolute Gasteiger partial charge is 0.392 e. The van der Waals surface area contributed by atoms with Gasteiger partial charge < -0.3 is 10.8 Å². The Labute approximate surface area is 91.3 Å². The number of aromatic nitrogens is 1. The van der Waals surface area contributed by atoms with Crippen LogP contribution in [0.25, 0.3) is 0 Å². The Bertz CT molecular complexity index is 276. The number of nitrogens with zero attached hydrogens (tertiary/aromatic N) is 1. The highest BCUT2D eigenvalue weighted by atomic mass is 16.3. The molecule has 0 aliphatic carbocycles. The molecule has 0 spiro atoms. The second-order valence-electron chi connectivity index (χ2n) is 3.97. The fourth-order valence-corrected chi connectivity index (χ4v) is 1.67. The van der Waals surface area contributed by atoms with Gasteiger partial charge >= 0.3 is 0 Å². The van der Waals surface area contributed by atoms with Crippen molar-refractivity contribution in [2.45, 2.75) is 32.3 Å². The molecule has 0 aromatic carbocycles. The van der Waals surface area contributed by atoms with Crippen LogP contribution in [0.3, 0.4) is 0 Å². The van der Waals surface area contributed by atoms with E-state index in [4.69, 9.17) is 5.73 Å². The minimum absolute atomic E-state index is 0.0545. The predicted molar refractivity (Wildman–Crippen MR) is 61.5 cm³/mol. The van der Waals surface area contributed by atoms with Gasteiger partial charge in [0.2, 0.25) is 0 Å². The summed E-state index contributed by atoms with van der Waals surface area (Å²) in [5, 5.41) is 10.1. The zero-order chi connectivity index (χ0) is 11.3. The van der Waals surface area contributed by atoms with Gasteiger partial charge in [0.05, 0.1) is 6.10 Å². The van der Waals surface area contributed by atoms with Crippen LogP contribution in [0, 0.1) is 5.92 Å². The molecule has 0 saturated carbocycles. The van der Waals surface area contributed by atoms with Gasteiger partial charge in [-0.25, -0.2) is 0 Å². The first-order valence-corrected chi connectivity index (χ1v) is 5.49. The number of rotatable bonds is 5. The smallest absolute Gasteiger partial charge is 0.0661 e. The van der Waals surface area contributed by atoms with E-state index in [-0.39, 0.29) is 11.8 Å². The lowest BCUT2D eigenvalue weighted by atomic mass is 9.88. The van der Waals surface area contributed by atoms with Crippen LogP contribution >= 0.6 is 0 Å². The molecule has 0 bridgehead atoms. The molecule has 0 saturated heterocycles. The molecule has 0 fully saturated rings. The van der Waals surface area contributed by atoms with Crippen molar-refractivity contribution in [3.05, 3.63) is 30.1 Å². The first-order valence-electron chi connectivity index (χ1n) is 5.49. The zero-order valence-electron chi connectivity index (χ0n) is 9.43. The van der Waals surface area contributed by atoms with E-state index >= 15 is 0 Å². The van der Waals surface area contributed by atoms with Gasteiger partial charge in [-0.3, -0.25) is 4.98 Å². The second kappa shape index (κ2) is 5.83. The summed E-state index contributed by atoms with van der Waals surface area (Å²) in [6, 6.07) is 5.71. The molecule has 1 rings (SSSR count). The summed E-state index contributed by atoms with van der Waals surface area (Å²) >= 11 is 0. The van der Waals surface area contributed by atoms with Crippen molar-refractivity contribution < 1.29 is 5.11 Å². The Morgan fingerprint density at radius 1 is 1.47 bits per heavy atom. The topological polar surface area (TPSA) is 59.1 Å². The minimum Gasteiger partial charge on any atom is -0.392 e. The van der Waals surface area contributed by atoms with Crippen LogP contribution in [-0.4, -0.2) is 22.7 Å². The van der Waals surface area contributed by atoms with E-state index in [1.807, 2.05) is 25.1 Å². The molecule has 3 unspecified atom stereocenters. The molecule has 3 atom stereocenters. The Kier molecular flexibility index (Phi) is 4.72. The average Bonchev–Trinajstić information content (AvgIpc) is 2.30. The fourth-order valence-electron chi connectivity index (χ4n) is 1.67. The Morgan fingerprint density at radius 3 is 2.67 bits per heavy atom. The molecule has 0 radical (unpaired) electrons. The molecule has 3 heteroatoms. The summed E-state index contributed by atoms with van der Waals surface area (Å²) in [5.41, 5.74) is 6.58. The Morgan fingerprint density at radius 2 is 2.20 bits per heavy atom. The summed E-state index contributed by atoms with van der Waals surface area (Å²) < 4.78 is 0. The van der Waals surface area contributed by atoms with Gasteiger partial charge in [-0.1, -0.05) is 26.3 Å². The van der Waals surface area contributed by atoms with E-state index in [2.05, 4.69) is 11.9 Å². The lowest BCUT2D eigenvalue weighted by Crippen LogP contribution is -2.31. The number of hydrogen-bond donors (Lipinski definition) is 2. The van der Waals surface area contributed by atoms with Gasteiger partial charge in [0.1, 0.15) is 0 Å². The van der Waals surface area contributed by atoms with Crippen molar-refractivity contribution in [1.82, 2.24) is 4.98 Å². The van der Waals surface area contributed by atoms with Gasteiger partial charge in [-0.15, -0.1) is 0 Å². The van der Waals surface area contributed by atoms with Crippen LogP contribution in [0.2, 0.25) is 0 Å². The Balaban J connectivity index is 2.80. The van der Waals surface area contributed by atoms with Gasteiger partial charge in [0, 0.05) is 24.4 Å². The molecule has 3 N–H and O–H groups in total. The van der Waals surface area contributed by atoms with E-state index in [0.717, 1.165) is 12.1 Å². The number of hydrogen-bond acceptors (Lipinski definition) is 3. The fraction of sp³-hybridized carbons (Fsp3) is 0.583. The normalized spacial score (nSPS) is 17.1. The molecule has 1 heterocycles. The number of nitrogens with two attached hydrogens (primary N) is 1. The molecular formula is C12H20N2O. The van der Waals surface area contributed by atoms with Crippen molar-refractivity contribution in [3.8, 4) is 0 Å². The maximum atomic E-state index is 10.1. The summed E-state index contributed by atoms with van der Waals surface area (Å²) in [4.78, 5) is 4.25. The van der Waals surface area contributed by atoms with Crippen molar-refractivity contribution in [3.63, 3.8) is 0 Å². The number of pyridine rings is 1.